The molecule has 2 nitrogen and oxygen atoms in total. The third kappa shape index (κ3) is 3.27. The summed E-state index contributed by atoms with van der Waals surface area (Å²) in [4.78, 5) is 0. The van der Waals surface area contributed by atoms with Crippen molar-refractivity contribution in [3.8, 4) is 0 Å². The summed E-state index contributed by atoms with van der Waals surface area (Å²) in [7, 11) is -1.00. The van der Waals surface area contributed by atoms with Crippen LogP contribution in [-0.4, -0.2) is 19.2 Å². The molecule has 1 aliphatic rings. The van der Waals surface area contributed by atoms with E-state index in [2.05, 4.69) is 58.3 Å². The number of aryl methyl sites for hydroxylation is 1. The fraction of sp³-hybridized carbons (Fsp3) is 0.529. The number of aromatic nitrogens is 1. The monoisotopic (exact) mass is 365 g/mol. The predicted molar refractivity (Wildman–Crippen MR) is 95.8 cm³/mol. The highest BCUT2D eigenvalue weighted by Crippen LogP contribution is 2.34. The van der Waals surface area contributed by atoms with Crippen LogP contribution in [0.3, 0.4) is 0 Å². The number of hydrogen-bond donors (Lipinski definition) is 0. The van der Waals surface area contributed by atoms with Gasteiger partial charge in [-0.25, -0.2) is 0 Å². The third-order valence-corrected chi connectivity index (χ3v) is 6.50. The average molecular weight is 366 g/mol. The molecule has 0 spiro atoms. The predicted octanol–water partition coefficient (Wildman–Crippen LogP) is 5.20. The van der Waals surface area contributed by atoms with Crippen LogP contribution in [0.2, 0.25) is 25.7 Å². The summed E-state index contributed by atoms with van der Waals surface area (Å²) in [5.41, 5.74) is 4.37. The molecule has 1 aromatic heterocycles. The smallest absolute Gasteiger partial charge is 0.123 e. The molecule has 21 heavy (non-hydrogen) atoms. The van der Waals surface area contributed by atoms with E-state index in [1.165, 1.54) is 46.4 Å². The molecule has 1 aliphatic carbocycles. The molecule has 1 heterocycles. The van der Waals surface area contributed by atoms with E-state index in [1.54, 1.807) is 5.56 Å². The quantitative estimate of drug-likeness (QED) is 0.524. The Morgan fingerprint density at radius 1 is 1.24 bits per heavy atom. The summed E-state index contributed by atoms with van der Waals surface area (Å²) in [6.07, 6.45) is 3.69. The molecule has 0 unspecified atom stereocenters. The SMILES string of the molecule is C[Si](C)(C)CCOCn1c2c(c3cc(Br)ccc31)CCC2. The van der Waals surface area contributed by atoms with Gasteiger partial charge in [0, 0.05) is 30.2 Å². The lowest BCUT2D eigenvalue weighted by molar-refractivity contribution is 0.0886. The highest BCUT2D eigenvalue weighted by atomic mass is 79.9. The van der Waals surface area contributed by atoms with Gasteiger partial charge in [-0.3, -0.25) is 0 Å². The molecule has 1 aromatic carbocycles. The summed E-state index contributed by atoms with van der Waals surface area (Å²) >= 11 is 3.60. The van der Waals surface area contributed by atoms with Crippen LogP contribution in [0.5, 0.6) is 0 Å². The van der Waals surface area contributed by atoms with Crippen molar-refractivity contribution in [3.63, 3.8) is 0 Å². The maximum atomic E-state index is 6.00. The Labute approximate surface area is 136 Å². The van der Waals surface area contributed by atoms with Crippen LogP contribution in [0.4, 0.5) is 0 Å². The first-order chi connectivity index (χ1) is 9.96. The topological polar surface area (TPSA) is 14.2 Å². The van der Waals surface area contributed by atoms with Gasteiger partial charge in [0.2, 0.25) is 0 Å². The van der Waals surface area contributed by atoms with Gasteiger partial charge in [-0.1, -0.05) is 35.6 Å². The standard InChI is InChI=1S/C17H24BrNOSi/c1-21(2,3)10-9-20-12-19-16-6-4-5-14(16)15-11-13(18)7-8-17(15)19/h7-8,11H,4-6,9-10,12H2,1-3H3. The van der Waals surface area contributed by atoms with E-state index in [9.17, 15) is 0 Å². The summed E-state index contributed by atoms with van der Waals surface area (Å²) in [6, 6.07) is 7.85. The van der Waals surface area contributed by atoms with E-state index in [1.807, 2.05) is 0 Å². The first-order valence-electron chi connectivity index (χ1n) is 7.83. The molecule has 0 aliphatic heterocycles. The molecule has 0 atom stereocenters. The molecule has 0 N–H and O–H groups in total. The lowest BCUT2D eigenvalue weighted by atomic mass is 10.1. The van der Waals surface area contributed by atoms with Crippen molar-refractivity contribution in [1.82, 2.24) is 4.57 Å². The molecule has 114 valence electrons. The first-order valence-corrected chi connectivity index (χ1v) is 12.3. The van der Waals surface area contributed by atoms with Gasteiger partial charge in [0.15, 0.2) is 0 Å². The van der Waals surface area contributed by atoms with Crippen LogP contribution in [0.15, 0.2) is 22.7 Å². The number of hydrogen-bond acceptors (Lipinski definition) is 1. The van der Waals surface area contributed by atoms with E-state index in [-0.39, 0.29) is 0 Å². The van der Waals surface area contributed by atoms with Gasteiger partial charge in [-0.15, -0.1) is 0 Å². The second kappa shape index (κ2) is 5.90. The van der Waals surface area contributed by atoms with Crippen molar-refractivity contribution in [2.75, 3.05) is 6.61 Å². The van der Waals surface area contributed by atoms with Gasteiger partial charge in [0.05, 0.1) is 5.52 Å². The molecule has 0 saturated heterocycles. The van der Waals surface area contributed by atoms with Crippen LogP contribution in [0.1, 0.15) is 17.7 Å². The molecule has 0 radical (unpaired) electrons. The van der Waals surface area contributed by atoms with Crippen molar-refractivity contribution >= 4 is 34.9 Å². The zero-order valence-corrected chi connectivity index (χ0v) is 15.8. The minimum absolute atomic E-state index is 0.706. The normalized spacial score (nSPS) is 14.9. The highest BCUT2D eigenvalue weighted by molar-refractivity contribution is 9.10. The maximum Gasteiger partial charge on any atom is 0.123 e. The zero-order valence-electron chi connectivity index (χ0n) is 13.2. The van der Waals surface area contributed by atoms with Gasteiger partial charge < -0.3 is 9.30 Å². The Hall–Kier alpha value is -0.583. The second-order valence-corrected chi connectivity index (χ2v) is 13.8. The molecule has 0 saturated carbocycles. The van der Waals surface area contributed by atoms with Crippen molar-refractivity contribution in [1.29, 1.82) is 0 Å². The van der Waals surface area contributed by atoms with Crippen molar-refractivity contribution in [3.05, 3.63) is 33.9 Å². The molecular weight excluding hydrogens is 342 g/mol. The summed E-state index contributed by atoms with van der Waals surface area (Å²) in [6.45, 7) is 8.79. The Kier molecular flexibility index (Phi) is 4.30. The molecule has 3 rings (SSSR count). The van der Waals surface area contributed by atoms with Crippen LogP contribution in [-0.2, 0) is 24.3 Å². The first kappa shape index (κ1) is 15.3. The number of benzene rings is 1. The Morgan fingerprint density at radius 2 is 2.05 bits per heavy atom. The number of rotatable bonds is 5. The fourth-order valence-corrected chi connectivity index (χ4v) is 4.25. The number of ether oxygens (including phenoxy) is 1. The lowest BCUT2D eigenvalue weighted by Gasteiger charge is -2.16. The van der Waals surface area contributed by atoms with Gasteiger partial charge >= 0.3 is 0 Å². The van der Waals surface area contributed by atoms with E-state index in [0.717, 1.165) is 6.61 Å². The second-order valence-electron chi connectivity index (χ2n) is 7.22. The number of halogens is 1. The number of fused-ring (bicyclic) bond motifs is 3. The molecule has 0 bridgehead atoms. The van der Waals surface area contributed by atoms with E-state index in [4.69, 9.17) is 4.74 Å². The Bertz CT molecular complexity index is 657. The van der Waals surface area contributed by atoms with Crippen LogP contribution in [0, 0.1) is 0 Å². The van der Waals surface area contributed by atoms with Crippen LogP contribution < -0.4 is 0 Å². The molecule has 2 aromatic rings. The van der Waals surface area contributed by atoms with E-state index in [0.29, 0.717) is 6.73 Å². The number of nitrogens with zero attached hydrogens (tertiary/aromatic N) is 1. The largest absolute Gasteiger partial charge is 0.361 e. The van der Waals surface area contributed by atoms with Crippen molar-refractivity contribution in [2.24, 2.45) is 0 Å². The maximum absolute atomic E-state index is 6.00. The van der Waals surface area contributed by atoms with Crippen LogP contribution >= 0.6 is 15.9 Å². The van der Waals surface area contributed by atoms with Gasteiger partial charge in [-0.2, -0.15) is 0 Å². The van der Waals surface area contributed by atoms with Gasteiger partial charge in [-0.05, 0) is 49.1 Å². The summed E-state index contributed by atoms with van der Waals surface area (Å²) in [5.74, 6) is 0. The highest BCUT2D eigenvalue weighted by Gasteiger charge is 2.21. The Morgan fingerprint density at radius 3 is 2.81 bits per heavy atom. The summed E-state index contributed by atoms with van der Waals surface area (Å²) < 4.78 is 9.57. The van der Waals surface area contributed by atoms with Gasteiger partial charge in [0.25, 0.3) is 0 Å². The minimum Gasteiger partial charge on any atom is -0.361 e. The molecular formula is C17H24BrNOSi. The van der Waals surface area contributed by atoms with E-state index >= 15 is 0 Å². The zero-order chi connectivity index (χ0) is 15.0. The lowest BCUT2D eigenvalue weighted by Crippen LogP contribution is -2.22. The van der Waals surface area contributed by atoms with E-state index < -0.39 is 8.07 Å². The fourth-order valence-electron chi connectivity index (χ4n) is 3.13. The van der Waals surface area contributed by atoms with Crippen molar-refractivity contribution < 1.29 is 4.74 Å². The molecule has 4 heteroatoms. The Balaban J connectivity index is 1.82. The third-order valence-electron chi connectivity index (χ3n) is 4.31. The molecule has 0 fully saturated rings. The van der Waals surface area contributed by atoms with Gasteiger partial charge in [0.1, 0.15) is 6.73 Å². The average Bonchev–Trinajstić information content (AvgIpc) is 2.95. The molecule has 0 amide bonds. The van der Waals surface area contributed by atoms with Crippen molar-refractivity contribution in [2.45, 2.75) is 51.7 Å². The summed E-state index contributed by atoms with van der Waals surface area (Å²) in [5, 5.41) is 1.41. The minimum atomic E-state index is -1.00. The van der Waals surface area contributed by atoms with Crippen LogP contribution in [0.25, 0.3) is 10.9 Å².